The first-order valence-corrected chi connectivity index (χ1v) is 8.39. The third kappa shape index (κ3) is 2.55. The molecule has 1 aromatic carbocycles. The van der Waals surface area contributed by atoms with Crippen LogP contribution in [0.4, 0.5) is 11.8 Å². The van der Waals surface area contributed by atoms with E-state index in [1.807, 2.05) is 36.4 Å². The third-order valence-corrected chi connectivity index (χ3v) is 4.52. The Labute approximate surface area is 143 Å². The Morgan fingerprint density at radius 2 is 1.80 bits per heavy atom. The Kier molecular flexibility index (Phi) is 3.26. The molecule has 8 heteroatoms. The smallest absolute Gasteiger partial charge is 0.298 e. The van der Waals surface area contributed by atoms with Gasteiger partial charge in [-0.3, -0.25) is 0 Å². The summed E-state index contributed by atoms with van der Waals surface area (Å²) >= 11 is 0. The van der Waals surface area contributed by atoms with Crippen LogP contribution in [0.1, 0.15) is 6.42 Å². The van der Waals surface area contributed by atoms with Gasteiger partial charge in [-0.1, -0.05) is 12.1 Å². The van der Waals surface area contributed by atoms with Crippen molar-refractivity contribution in [2.24, 2.45) is 0 Å². The standard InChI is InChI=1S/C17H17N7O/c1-2-5-14-13(4-1)19-17(25-14)23-9-3-8-22(10-11-23)16-7-6-15-20-18-12-24(15)21-16/h1-2,4-7,12H,3,8-11H2. The van der Waals surface area contributed by atoms with Crippen molar-refractivity contribution in [1.29, 1.82) is 0 Å². The Balaban J connectivity index is 1.37. The van der Waals surface area contributed by atoms with E-state index in [4.69, 9.17) is 4.42 Å². The highest BCUT2D eigenvalue weighted by molar-refractivity contribution is 5.74. The lowest BCUT2D eigenvalue weighted by Gasteiger charge is -2.21. The van der Waals surface area contributed by atoms with Gasteiger partial charge in [0.2, 0.25) is 0 Å². The number of para-hydroxylation sites is 2. The van der Waals surface area contributed by atoms with E-state index in [0.717, 1.165) is 55.2 Å². The van der Waals surface area contributed by atoms with Crippen molar-refractivity contribution in [1.82, 2.24) is 24.8 Å². The van der Waals surface area contributed by atoms with E-state index in [9.17, 15) is 0 Å². The molecule has 0 saturated carbocycles. The molecule has 0 atom stereocenters. The van der Waals surface area contributed by atoms with E-state index < -0.39 is 0 Å². The van der Waals surface area contributed by atoms with Crippen molar-refractivity contribution in [2.75, 3.05) is 36.0 Å². The minimum atomic E-state index is 0.699. The fourth-order valence-corrected chi connectivity index (χ4v) is 3.22. The molecule has 0 spiro atoms. The van der Waals surface area contributed by atoms with Gasteiger partial charge in [0.25, 0.3) is 6.01 Å². The number of hydrogen-bond donors (Lipinski definition) is 0. The lowest BCUT2D eigenvalue weighted by molar-refractivity contribution is 0.571. The zero-order valence-electron chi connectivity index (χ0n) is 13.6. The molecule has 0 amide bonds. The number of oxazole rings is 1. The Hall–Kier alpha value is -3.16. The first-order chi connectivity index (χ1) is 12.4. The van der Waals surface area contributed by atoms with Gasteiger partial charge in [0.05, 0.1) is 0 Å². The van der Waals surface area contributed by atoms with Gasteiger partial charge in [0.1, 0.15) is 17.7 Å². The number of hydrogen-bond acceptors (Lipinski definition) is 7. The summed E-state index contributed by atoms with van der Waals surface area (Å²) in [7, 11) is 0. The summed E-state index contributed by atoms with van der Waals surface area (Å²) in [4.78, 5) is 9.10. The van der Waals surface area contributed by atoms with Crippen molar-refractivity contribution in [3.8, 4) is 0 Å². The van der Waals surface area contributed by atoms with Gasteiger partial charge < -0.3 is 14.2 Å². The van der Waals surface area contributed by atoms with Crippen LogP contribution in [0, 0.1) is 0 Å². The van der Waals surface area contributed by atoms with Crippen LogP contribution in [0.3, 0.4) is 0 Å². The monoisotopic (exact) mass is 335 g/mol. The normalized spacial score (nSPS) is 15.8. The van der Waals surface area contributed by atoms with Gasteiger partial charge in [0.15, 0.2) is 11.2 Å². The molecule has 0 unspecified atom stereocenters. The molecule has 1 aliphatic rings. The lowest BCUT2D eigenvalue weighted by atomic mass is 10.3. The van der Waals surface area contributed by atoms with E-state index in [1.165, 1.54) is 0 Å². The summed E-state index contributed by atoms with van der Waals surface area (Å²) in [6.07, 6.45) is 2.64. The first-order valence-electron chi connectivity index (χ1n) is 8.39. The largest absolute Gasteiger partial charge is 0.423 e. The highest BCUT2D eigenvalue weighted by atomic mass is 16.4. The van der Waals surface area contributed by atoms with E-state index in [0.29, 0.717) is 6.01 Å². The maximum absolute atomic E-state index is 5.91. The van der Waals surface area contributed by atoms with E-state index >= 15 is 0 Å². The average Bonchev–Trinajstić information content (AvgIpc) is 3.21. The predicted octanol–water partition coefficient (Wildman–Crippen LogP) is 1.98. The maximum Gasteiger partial charge on any atom is 0.298 e. The second-order valence-corrected chi connectivity index (χ2v) is 6.12. The Morgan fingerprint density at radius 1 is 0.920 bits per heavy atom. The molecule has 1 aliphatic heterocycles. The molecule has 4 heterocycles. The minimum absolute atomic E-state index is 0.699. The first kappa shape index (κ1) is 14.2. The fourth-order valence-electron chi connectivity index (χ4n) is 3.22. The Morgan fingerprint density at radius 3 is 2.76 bits per heavy atom. The summed E-state index contributed by atoms with van der Waals surface area (Å²) < 4.78 is 7.62. The van der Waals surface area contributed by atoms with Crippen molar-refractivity contribution >= 4 is 28.6 Å². The second kappa shape index (κ2) is 5.73. The van der Waals surface area contributed by atoms with Crippen molar-refractivity contribution < 1.29 is 4.42 Å². The zero-order chi connectivity index (χ0) is 16.6. The molecule has 25 heavy (non-hydrogen) atoms. The number of rotatable bonds is 2. The van der Waals surface area contributed by atoms with Crippen LogP contribution in [-0.2, 0) is 0 Å². The third-order valence-electron chi connectivity index (χ3n) is 4.52. The SMILES string of the molecule is c1ccc2oc(N3CCCN(c4ccc5nncn5n4)CC3)nc2c1. The topological polar surface area (TPSA) is 75.6 Å². The summed E-state index contributed by atoms with van der Waals surface area (Å²) in [5.41, 5.74) is 2.49. The van der Waals surface area contributed by atoms with Crippen LogP contribution in [0.2, 0.25) is 0 Å². The summed E-state index contributed by atoms with van der Waals surface area (Å²) in [5, 5.41) is 12.5. The van der Waals surface area contributed by atoms with Gasteiger partial charge in [-0.2, -0.15) is 9.50 Å². The highest BCUT2D eigenvalue weighted by Gasteiger charge is 2.20. The molecule has 0 aliphatic carbocycles. The molecule has 126 valence electrons. The van der Waals surface area contributed by atoms with Crippen molar-refractivity contribution in [3.05, 3.63) is 42.7 Å². The molecule has 5 rings (SSSR count). The molecule has 1 fully saturated rings. The van der Waals surface area contributed by atoms with E-state index in [1.54, 1.807) is 10.8 Å². The maximum atomic E-state index is 5.91. The van der Waals surface area contributed by atoms with Gasteiger partial charge in [-0.25, -0.2) is 0 Å². The molecule has 0 bridgehead atoms. The predicted molar refractivity (Wildman–Crippen MR) is 93.8 cm³/mol. The molecule has 1 saturated heterocycles. The summed E-state index contributed by atoms with van der Waals surface area (Å²) in [6, 6.07) is 12.5. The molecule has 0 N–H and O–H groups in total. The fraction of sp³-hybridized carbons (Fsp3) is 0.294. The average molecular weight is 335 g/mol. The van der Waals surface area contributed by atoms with Crippen molar-refractivity contribution in [3.63, 3.8) is 0 Å². The quantitative estimate of drug-likeness (QED) is 0.554. The number of aromatic nitrogens is 5. The van der Waals surface area contributed by atoms with Gasteiger partial charge in [-0.05, 0) is 30.7 Å². The van der Waals surface area contributed by atoms with Crippen LogP contribution in [-0.4, -0.2) is 51.0 Å². The molecule has 0 radical (unpaired) electrons. The Bertz CT molecular complexity index is 981. The van der Waals surface area contributed by atoms with Crippen molar-refractivity contribution in [2.45, 2.75) is 6.42 Å². The van der Waals surface area contributed by atoms with E-state index in [2.05, 4.69) is 30.1 Å². The van der Waals surface area contributed by atoms with Crippen LogP contribution >= 0.6 is 0 Å². The van der Waals surface area contributed by atoms with Crippen LogP contribution in [0.5, 0.6) is 0 Å². The number of nitrogens with zero attached hydrogens (tertiary/aromatic N) is 7. The van der Waals surface area contributed by atoms with Gasteiger partial charge >= 0.3 is 0 Å². The molecule has 3 aromatic heterocycles. The number of anilines is 2. The second-order valence-electron chi connectivity index (χ2n) is 6.12. The van der Waals surface area contributed by atoms with Crippen LogP contribution in [0.15, 0.2) is 47.1 Å². The molecular weight excluding hydrogens is 318 g/mol. The molecular formula is C17H17N7O. The minimum Gasteiger partial charge on any atom is -0.423 e. The van der Waals surface area contributed by atoms with Gasteiger partial charge in [-0.15, -0.1) is 15.3 Å². The van der Waals surface area contributed by atoms with Gasteiger partial charge in [0, 0.05) is 26.2 Å². The van der Waals surface area contributed by atoms with Crippen LogP contribution < -0.4 is 9.80 Å². The lowest BCUT2D eigenvalue weighted by Crippen LogP contribution is -2.31. The number of fused-ring (bicyclic) bond motifs is 2. The number of benzene rings is 1. The van der Waals surface area contributed by atoms with E-state index in [-0.39, 0.29) is 0 Å². The summed E-state index contributed by atoms with van der Waals surface area (Å²) in [6.45, 7) is 3.56. The molecule has 4 aromatic rings. The summed E-state index contributed by atoms with van der Waals surface area (Å²) in [5.74, 6) is 0.937. The zero-order valence-corrected chi connectivity index (χ0v) is 13.6. The van der Waals surface area contributed by atoms with Crippen LogP contribution in [0.25, 0.3) is 16.7 Å². The highest BCUT2D eigenvalue weighted by Crippen LogP contribution is 2.23. The molecule has 8 nitrogen and oxygen atoms in total.